The molecule has 4 rings (SSSR count). The van der Waals surface area contributed by atoms with E-state index in [1.54, 1.807) is 6.07 Å². The van der Waals surface area contributed by atoms with Crippen molar-refractivity contribution in [3.63, 3.8) is 0 Å². The second kappa shape index (κ2) is 6.88. The second-order valence-corrected chi connectivity index (χ2v) is 6.46. The number of benzene rings is 1. The average molecular weight is 350 g/mol. The number of amides is 1. The van der Waals surface area contributed by atoms with E-state index in [2.05, 4.69) is 14.5 Å². The lowest BCUT2D eigenvalue weighted by atomic mass is 10.1. The van der Waals surface area contributed by atoms with Crippen LogP contribution in [0.15, 0.2) is 42.6 Å². The molecule has 0 N–H and O–H groups in total. The fraction of sp³-hybridized carbons (Fsp3) is 0.350. The van der Waals surface area contributed by atoms with Crippen molar-refractivity contribution in [3.05, 3.63) is 59.8 Å². The third-order valence-corrected chi connectivity index (χ3v) is 4.91. The minimum absolute atomic E-state index is 0.0520. The minimum atomic E-state index is -0.0973. The van der Waals surface area contributed by atoms with Gasteiger partial charge in [0.1, 0.15) is 11.5 Å². The molecule has 0 saturated heterocycles. The predicted molar refractivity (Wildman–Crippen MR) is 98.8 cm³/mol. The summed E-state index contributed by atoms with van der Waals surface area (Å²) in [4.78, 5) is 24.0. The van der Waals surface area contributed by atoms with Crippen molar-refractivity contribution in [1.82, 2.24) is 19.4 Å². The maximum Gasteiger partial charge on any atom is 0.273 e. The molecule has 1 amide bonds. The van der Waals surface area contributed by atoms with E-state index in [1.807, 2.05) is 55.3 Å². The standard InChI is InChI=1S/C20H22N4O2/c1-3-26-13-16-12-21-19-14(2)23(10-11-24(16)19)20(25)18-9-8-15-6-4-5-7-17(15)22-18/h4-9,12,14H,3,10-11,13H2,1-2H3/t14-/m1/s1. The lowest BCUT2D eigenvalue weighted by Crippen LogP contribution is -2.41. The maximum atomic E-state index is 13.0. The van der Waals surface area contributed by atoms with Crippen molar-refractivity contribution in [2.75, 3.05) is 13.2 Å². The fourth-order valence-electron chi connectivity index (χ4n) is 3.49. The Morgan fingerprint density at radius 1 is 1.23 bits per heavy atom. The van der Waals surface area contributed by atoms with Crippen LogP contribution in [0.3, 0.4) is 0 Å². The summed E-state index contributed by atoms with van der Waals surface area (Å²) >= 11 is 0. The van der Waals surface area contributed by atoms with Crippen LogP contribution in [0.2, 0.25) is 0 Å². The molecular formula is C20H22N4O2. The Hall–Kier alpha value is -2.73. The van der Waals surface area contributed by atoms with Crippen LogP contribution < -0.4 is 0 Å². The SMILES string of the molecule is CCOCc1cnc2n1CCN(C(=O)c1ccc3ccccc3n1)[C@@H]2C. The topological polar surface area (TPSA) is 60.2 Å². The van der Waals surface area contributed by atoms with Crippen molar-refractivity contribution >= 4 is 16.8 Å². The molecule has 6 heteroatoms. The highest BCUT2D eigenvalue weighted by atomic mass is 16.5. The number of pyridine rings is 1. The molecule has 1 aromatic carbocycles. The summed E-state index contributed by atoms with van der Waals surface area (Å²) in [5, 5.41) is 1.03. The molecule has 0 fully saturated rings. The van der Waals surface area contributed by atoms with Crippen molar-refractivity contribution in [2.24, 2.45) is 0 Å². The van der Waals surface area contributed by atoms with Crippen LogP contribution >= 0.6 is 0 Å². The van der Waals surface area contributed by atoms with Crippen LogP contribution in [0, 0.1) is 0 Å². The Morgan fingerprint density at radius 2 is 2.08 bits per heavy atom. The van der Waals surface area contributed by atoms with E-state index >= 15 is 0 Å². The summed E-state index contributed by atoms with van der Waals surface area (Å²) in [5.74, 6) is 0.851. The molecule has 1 aliphatic rings. The van der Waals surface area contributed by atoms with Crippen LogP contribution in [0.1, 0.15) is 41.9 Å². The molecule has 3 aromatic rings. The first kappa shape index (κ1) is 16.7. The summed E-state index contributed by atoms with van der Waals surface area (Å²) < 4.78 is 7.68. The highest BCUT2D eigenvalue weighted by Gasteiger charge is 2.31. The van der Waals surface area contributed by atoms with E-state index in [4.69, 9.17) is 4.74 Å². The molecule has 3 heterocycles. The van der Waals surface area contributed by atoms with Crippen LogP contribution in [0.4, 0.5) is 0 Å². The van der Waals surface area contributed by atoms with Gasteiger partial charge in [0.05, 0.1) is 30.1 Å². The van der Waals surface area contributed by atoms with Gasteiger partial charge >= 0.3 is 0 Å². The van der Waals surface area contributed by atoms with E-state index < -0.39 is 0 Å². The normalized spacial score (nSPS) is 16.7. The zero-order valence-electron chi connectivity index (χ0n) is 15.1. The molecule has 6 nitrogen and oxygen atoms in total. The quantitative estimate of drug-likeness (QED) is 0.725. The molecular weight excluding hydrogens is 328 g/mol. The monoisotopic (exact) mass is 350 g/mol. The molecule has 2 aromatic heterocycles. The van der Waals surface area contributed by atoms with Gasteiger partial charge in [-0.15, -0.1) is 0 Å². The van der Waals surface area contributed by atoms with E-state index in [1.165, 1.54) is 0 Å². The molecule has 0 aliphatic carbocycles. The Morgan fingerprint density at radius 3 is 2.92 bits per heavy atom. The molecule has 0 radical (unpaired) electrons. The molecule has 0 bridgehead atoms. The summed E-state index contributed by atoms with van der Waals surface area (Å²) in [7, 11) is 0. The Balaban J connectivity index is 1.59. The number of fused-ring (bicyclic) bond motifs is 2. The zero-order valence-corrected chi connectivity index (χ0v) is 15.1. The van der Waals surface area contributed by atoms with Crippen molar-refractivity contribution in [1.29, 1.82) is 0 Å². The van der Waals surface area contributed by atoms with Gasteiger partial charge in [-0.2, -0.15) is 0 Å². The van der Waals surface area contributed by atoms with Gasteiger partial charge < -0.3 is 14.2 Å². The Kier molecular flexibility index (Phi) is 4.42. The molecule has 0 spiro atoms. The van der Waals surface area contributed by atoms with Gasteiger partial charge in [0.15, 0.2) is 0 Å². The lowest BCUT2D eigenvalue weighted by Gasteiger charge is -2.34. The largest absolute Gasteiger partial charge is 0.375 e. The number of para-hydroxylation sites is 1. The zero-order chi connectivity index (χ0) is 18.1. The molecule has 26 heavy (non-hydrogen) atoms. The lowest BCUT2D eigenvalue weighted by molar-refractivity contribution is 0.0624. The van der Waals surface area contributed by atoms with Gasteiger partial charge in [0.2, 0.25) is 0 Å². The molecule has 134 valence electrons. The number of carbonyl (C=O) groups is 1. The maximum absolute atomic E-state index is 13.0. The predicted octanol–water partition coefficient (Wildman–Crippen LogP) is 3.18. The van der Waals surface area contributed by atoms with Crippen molar-refractivity contribution < 1.29 is 9.53 Å². The third-order valence-electron chi connectivity index (χ3n) is 4.91. The number of aromatic nitrogens is 3. The van der Waals surface area contributed by atoms with Crippen LogP contribution in [-0.2, 0) is 17.9 Å². The smallest absolute Gasteiger partial charge is 0.273 e. The van der Waals surface area contributed by atoms with Gasteiger partial charge in [-0.25, -0.2) is 9.97 Å². The van der Waals surface area contributed by atoms with E-state index in [-0.39, 0.29) is 11.9 Å². The van der Waals surface area contributed by atoms with Crippen LogP contribution in [0.5, 0.6) is 0 Å². The van der Waals surface area contributed by atoms with Gasteiger partial charge in [0.25, 0.3) is 5.91 Å². The third kappa shape index (κ3) is 2.86. The second-order valence-electron chi connectivity index (χ2n) is 6.46. The summed E-state index contributed by atoms with van der Waals surface area (Å²) in [6.45, 7) is 6.58. The Bertz CT molecular complexity index is 950. The number of carbonyl (C=O) groups excluding carboxylic acids is 1. The number of hydrogen-bond acceptors (Lipinski definition) is 4. The van der Waals surface area contributed by atoms with Crippen molar-refractivity contribution in [2.45, 2.75) is 33.0 Å². The summed E-state index contributed by atoms with van der Waals surface area (Å²) in [5.41, 5.74) is 2.37. The highest BCUT2D eigenvalue weighted by Crippen LogP contribution is 2.27. The minimum Gasteiger partial charge on any atom is -0.375 e. The number of imidazole rings is 1. The number of nitrogens with zero attached hydrogens (tertiary/aromatic N) is 4. The number of ether oxygens (including phenoxy) is 1. The first-order valence-electron chi connectivity index (χ1n) is 8.98. The van der Waals surface area contributed by atoms with Crippen LogP contribution in [0.25, 0.3) is 10.9 Å². The van der Waals surface area contributed by atoms with Gasteiger partial charge in [-0.1, -0.05) is 24.3 Å². The molecule has 1 atom stereocenters. The first-order valence-corrected chi connectivity index (χ1v) is 8.98. The molecule has 0 saturated carbocycles. The number of rotatable bonds is 4. The summed E-state index contributed by atoms with van der Waals surface area (Å²) in [6, 6.07) is 11.5. The van der Waals surface area contributed by atoms with E-state index in [0.29, 0.717) is 25.5 Å². The van der Waals surface area contributed by atoms with Gasteiger partial charge in [-0.05, 0) is 26.0 Å². The Labute approximate surface area is 152 Å². The van der Waals surface area contributed by atoms with Crippen LogP contribution in [-0.4, -0.2) is 38.5 Å². The fourth-order valence-corrected chi connectivity index (χ4v) is 3.49. The van der Waals surface area contributed by atoms with Gasteiger partial charge in [0, 0.05) is 25.1 Å². The van der Waals surface area contributed by atoms with E-state index in [9.17, 15) is 4.79 Å². The molecule has 1 aliphatic heterocycles. The van der Waals surface area contributed by atoms with Crippen molar-refractivity contribution in [3.8, 4) is 0 Å². The van der Waals surface area contributed by atoms with E-state index in [0.717, 1.165) is 29.0 Å². The average Bonchev–Trinajstić information content (AvgIpc) is 3.09. The molecule has 0 unspecified atom stereocenters. The highest BCUT2D eigenvalue weighted by molar-refractivity contribution is 5.95. The number of hydrogen-bond donors (Lipinski definition) is 0. The first-order chi connectivity index (χ1) is 12.7. The van der Waals surface area contributed by atoms with Gasteiger partial charge in [-0.3, -0.25) is 4.79 Å². The summed E-state index contributed by atoms with van der Waals surface area (Å²) in [6.07, 6.45) is 1.85.